The molecule has 3 nitrogen and oxygen atoms in total. The first-order chi connectivity index (χ1) is 8.16. The first-order valence-corrected chi connectivity index (χ1v) is 6.39. The number of ether oxygens (including phenoxy) is 1. The van der Waals surface area contributed by atoms with Gasteiger partial charge in [0.1, 0.15) is 6.61 Å². The van der Waals surface area contributed by atoms with Crippen LogP contribution in [0.15, 0.2) is 18.2 Å². The summed E-state index contributed by atoms with van der Waals surface area (Å²) < 4.78 is 5.58. The Bertz CT molecular complexity index is 367. The van der Waals surface area contributed by atoms with E-state index in [2.05, 4.69) is 4.90 Å². The summed E-state index contributed by atoms with van der Waals surface area (Å²) in [5.41, 5.74) is 0. The van der Waals surface area contributed by atoms with Crippen LogP contribution in [-0.2, 0) is 0 Å². The van der Waals surface area contributed by atoms with Crippen molar-refractivity contribution in [3.8, 4) is 5.75 Å². The van der Waals surface area contributed by atoms with E-state index in [0.717, 1.165) is 26.1 Å². The molecule has 1 aliphatic rings. The van der Waals surface area contributed by atoms with Gasteiger partial charge in [0.2, 0.25) is 0 Å². The summed E-state index contributed by atoms with van der Waals surface area (Å²) in [4.78, 5) is 2.16. The minimum Gasteiger partial charge on any atom is -0.489 e. The Balaban J connectivity index is 1.82. The van der Waals surface area contributed by atoms with Crippen LogP contribution in [0.5, 0.6) is 5.75 Å². The van der Waals surface area contributed by atoms with Gasteiger partial charge in [-0.15, -0.1) is 0 Å². The quantitative estimate of drug-likeness (QED) is 0.916. The van der Waals surface area contributed by atoms with E-state index in [9.17, 15) is 5.11 Å². The maximum absolute atomic E-state index is 9.38. The van der Waals surface area contributed by atoms with Crippen LogP contribution in [-0.4, -0.2) is 42.4 Å². The van der Waals surface area contributed by atoms with Crippen molar-refractivity contribution in [2.75, 3.05) is 26.2 Å². The number of aliphatic hydroxyl groups is 1. The number of hydrogen-bond donors (Lipinski definition) is 1. The highest BCUT2D eigenvalue weighted by atomic mass is 35.5. The third kappa shape index (κ3) is 3.49. The summed E-state index contributed by atoms with van der Waals surface area (Å²) in [6.07, 6.45) is 0.645. The molecule has 0 aliphatic carbocycles. The Hall–Kier alpha value is -0.480. The fourth-order valence-electron chi connectivity index (χ4n) is 1.91. The molecule has 0 unspecified atom stereocenters. The zero-order valence-corrected chi connectivity index (χ0v) is 10.9. The van der Waals surface area contributed by atoms with Gasteiger partial charge < -0.3 is 9.84 Å². The fraction of sp³-hybridized carbons (Fsp3) is 0.500. The molecule has 1 saturated heterocycles. The van der Waals surface area contributed by atoms with Gasteiger partial charge in [0, 0.05) is 19.6 Å². The lowest BCUT2D eigenvalue weighted by Gasteiger charge is -2.16. The molecule has 0 bridgehead atoms. The lowest BCUT2D eigenvalue weighted by atomic mass is 10.3. The van der Waals surface area contributed by atoms with Gasteiger partial charge in [-0.05, 0) is 18.6 Å². The molecule has 94 valence electrons. The summed E-state index contributed by atoms with van der Waals surface area (Å²) >= 11 is 12.0. The molecule has 1 atom stereocenters. The van der Waals surface area contributed by atoms with Crippen molar-refractivity contribution in [3.63, 3.8) is 0 Å². The van der Waals surface area contributed by atoms with E-state index in [1.165, 1.54) is 0 Å². The van der Waals surface area contributed by atoms with Crippen LogP contribution < -0.4 is 4.74 Å². The standard InChI is InChI=1S/C12H15Cl2NO2/c13-10-2-1-3-11(14)12(10)17-7-6-15-5-4-9(16)8-15/h1-3,9,16H,4-8H2/t9-/m1/s1. The number of β-amino-alcohol motifs (C(OH)–C–C–N with tert-alkyl or cyclic N) is 1. The third-order valence-corrected chi connectivity index (χ3v) is 3.42. The lowest BCUT2D eigenvalue weighted by Crippen LogP contribution is -2.27. The van der Waals surface area contributed by atoms with Gasteiger partial charge in [0.15, 0.2) is 5.75 Å². The predicted octanol–water partition coefficient (Wildman–Crippen LogP) is 2.44. The molecule has 17 heavy (non-hydrogen) atoms. The number of likely N-dealkylation sites (tertiary alicyclic amines) is 1. The summed E-state index contributed by atoms with van der Waals surface area (Å²) in [6, 6.07) is 5.29. The Morgan fingerprint density at radius 3 is 2.65 bits per heavy atom. The van der Waals surface area contributed by atoms with Crippen molar-refractivity contribution in [1.29, 1.82) is 0 Å². The van der Waals surface area contributed by atoms with Crippen molar-refractivity contribution >= 4 is 23.2 Å². The molecule has 1 aromatic rings. The van der Waals surface area contributed by atoms with Crippen LogP contribution in [0, 0.1) is 0 Å². The highest BCUT2D eigenvalue weighted by Crippen LogP contribution is 2.32. The second kappa shape index (κ2) is 5.91. The van der Waals surface area contributed by atoms with Crippen LogP contribution in [0.25, 0.3) is 0 Å². The molecule has 0 aromatic heterocycles. The molecule has 1 aliphatic heterocycles. The summed E-state index contributed by atoms with van der Waals surface area (Å²) in [5.74, 6) is 0.538. The topological polar surface area (TPSA) is 32.7 Å². The predicted molar refractivity (Wildman–Crippen MR) is 69.0 cm³/mol. The summed E-state index contributed by atoms with van der Waals surface area (Å²) in [5, 5.41) is 10.4. The first kappa shape index (κ1) is 13.0. The van der Waals surface area contributed by atoms with E-state index in [1.807, 2.05) is 0 Å². The van der Waals surface area contributed by atoms with E-state index >= 15 is 0 Å². The molecular formula is C12H15Cl2NO2. The molecular weight excluding hydrogens is 261 g/mol. The van der Waals surface area contributed by atoms with Crippen molar-refractivity contribution in [2.45, 2.75) is 12.5 Å². The van der Waals surface area contributed by atoms with E-state index in [0.29, 0.717) is 22.4 Å². The van der Waals surface area contributed by atoms with Crippen LogP contribution in [0.1, 0.15) is 6.42 Å². The van der Waals surface area contributed by atoms with Crippen LogP contribution >= 0.6 is 23.2 Å². The molecule has 0 radical (unpaired) electrons. The number of aliphatic hydroxyl groups excluding tert-OH is 1. The van der Waals surface area contributed by atoms with E-state index in [4.69, 9.17) is 27.9 Å². The Morgan fingerprint density at radius 2 is 2.06 bits per heavy atom. The van der Waals surface area contributed by atoms with Gasteiger partial charge in [0.25, 0.3) is 0 Å². The van der Waals surface area contributed by atoms with Gasteiger partial charge in [-0.25, -0.2) is 0 Å². The monoisotopic (exact) mass is 275 g/mol. The van der Waals surface area contributed by atoms with Gasteiger partial charge >= 0.3 is 0 Å². The van der Waals surface area contributed by atoms with Gasteiger partial charge in [-0.3, -0.25) is 4.90 Å². The Morgan fingerprint density at radius 1 is 1.35 bits per heavy atom. The first-order valence-electron chi connectivity index (χ1n) is 5.64. The summed E-state index contributed by atoms with van der Waals surface area (Å²) in [6.45, 7) is 2.94. The third-order valence-electron chi connectivity index (χ3n) is 2.82. The van der Waals surface area contributed by atoms with Gasteiger partial charge in [0.05, 0.1) is 16.1 Å². The highest BCUT2D eigenvalue weighted by molar-refractivity contribution is 6.37. The number of nitrogens with zero attached hydrogens (tertiary/aromatic N) is 1. The lowest BCUT2D eigenvalue weighted by molar-refractivity contribution is 0.167. The zero-order chi connectivity index (χ0) is 12.3. The molecule has 1 aromatic carbocycles. The fourth-order valence-corrected chi connectivity index (χ4v) is 2.42. The Labute approximate surface area is 111 Å². The SMILES string of the molecule is O[C@@H]1CCN(CCOc2c(Cl)cccc2Cl)C1. The van der Waals surface area contributed by atoms with E-state index < -0.39 is 0 Å². The molecule has 2 rings (SSSR count). The van der Waals surface area contributed by atoms with Crippen molar-refractivity contribution in [1.82, 2.24) is 4.90 Å². The normalized spacial score (nSPS) is 20.8. The smallest absolute Gasteiger partial charge is 0.156 e. The van der Waals surface area contributed by atoms with Crippen molar-refractivity contribution < 1.29 is 9.84 Å². The largest absolute Gasteiger partial charge is 0.489 e. The second-order valence-electron chi connectivity index (χ2n) is 4.14. The number of benzene rings is 1. The molecule has 1 fully saturated rings. The van der Waals surface area contributed by atoms with E-state index in [1.54, 1.807) is 18.2 Å². The molecule has 0 amide bonds. The average molecular weight is 276 g/mol. The maximum atomic E-state index is 9.38. The van der Waals surface area contributed by atoms with Crippen LogP contribution in [0.3, 0.4) is 0 Å². The molecule has 0 spiro atoms. The number of para-hydroxylation sites is 1. The maximum Gasteiger partial charge on any atom is 0.156 e. The van der Waals surface area contributed by atoms with Crippen LogP contribution in [0.2, 0.25) is 10.0 Å². The molecule has 5 heteroatoms. The molecule has 1 heterocycles. The minimum absolute atomic E-state index is 0.195. The highest BCUT2D eigenvalue weighted by Gasteiger charge is 2.19. The van der Waals surface area contributed by atoms with Crippen molar-refractivity contribution in [2.24, 2.45) is 0 Å². The average Bonchev–Trinajstić information content (AvgIpc) is 2.69. The number of hydrogen-bond acceptors (Lipinski definition) is 3. The Kier molecular flexibility index (Phi) is 4.51. The number of halogens is 2. The number of rotatable bonds is 4. The minimum atomic E-state index is -0.195. The zero-order valence-electron chi connectivity index (χ0n) is 9.40. The van der Waals surface area contributed by atoms with Crippen LogP contribution in [0.4, 0.5) is 0 Å². The van der Waals surface area contributed by atoms with Gasteiger partial charge in [-0.2, -0.15) is 0 Å². The molecule has 1 N–H and O–H groups in total. The summed E-state index contributed by atoms with van der Waals surface area (Å²) in [7, 11) is 0. The molecule has 0 saturated carbocycles. The van der Waals surface area contributed by atoms with E-state index in [-0.39, 0.29) is 6.10 Å². The second-order valence-corrected chi connectivity index (χ2v) is 4.96. The van der Waals surface area contributed by atoms with Crippen molar-refractivity contribution in [3.05, 3.63) is 28.2 Å². The van der Waals surface area contributed by atoms with Gasteiger partial charge in [-0.1, -0.05) is 29.3 Å².